The molecule has 0 bridgehead atoms. The number of rotatable bonds is 9. The van der Waals surface area contributed by atoms with Gasteiger partial charge in [-0.1, -0.05) is 44.5 Å². The molecule has 0 unspecified atom stereocenters. The molecule has 0 heterocycles. The highest BCUT2D eigenvalue weighted by Crippen LogP contribution is 2.16. The van der Waals surface area contributed by atoms with Gasteiger partial charge in [-0.2, -0.15) is 0 Å². The Hall–Kier alpha value is -1.64. The van der Waals surface area contributed by atoms with Crippen molar-refractivity contribution in [2.45, 2.75) is 58.8 Å². The molecule has 0 aliphatic carbocycles. The number of carbonyl (C=O) groups is 2. The monoisotopic (exact) mass is 290 g/mol. The van der Waals surface area contributed by atoms with E-state index in [1.807, 2.05) is 24.3 Å². The highest BCUT2D eigenvalue weighted by Gasteiger charge is 2.07. The Bertz CT molecular complexity index is 446. The van der Waals surface area contributed by atoms with Crippen LogP contribution >= 0.6 is 0 Å². The lowest BCUT2D eigenvalue weighted by molar-refractivity contribution is -0.143. The highest BCUT2D eigenvalue weighted by atomic mass is 16.5. The second kappa shape index (κ2) is 9.32. The number of ether oxygens (including phenoxy) is 1. The third kappa shape index (κ3) is 6.56. The fourth-order valence-corrected chi connectivity index (χ4v) is 2.16. The van der Waals surface area contributed by atoms with Gasteiger partial charge in [0.15, 0.2) is 5.78 Å². The topological polar surface area (TPSA) is 43.4 Å². The third-order valence-electron chi connectivity index (χ3n) is 3.49. The molecule has 1 rings (SSSR count). The van der Waals surface area contributed by atoms with E-state index in [-0.39, 0.29) is 11.8 Å². The van der Waals surface area contributed by atoms with E-state index in [9.17, 15) is 9.59 Å². The lowest BCUT2D eigenvalue weighted by Gasteiger charge is -2.06. The summed E-state index contributed by atoms with van der Waals surface area (Å²) in [6.45, 7) is 6.52. The average Bonchev–Trinajstić information content (AvgIpc) is 2.47. The van der Waals surface area contributed by atoms with Gasteiger partial charge < -0.3 is 4.74 Å². The summed E-state index contributed by atoms with van der Waals surface area (Å²) in [5.41, 5.74) is 2.03. The lowest BCUT2D eigenvalue weighted by Crippen LogP contribution is -2.03. The Morgan fingerprint density at radius 3 is 2.19 bits per heavy atom. The predicted molar refractivity (Wildman–Crippen MR) is 84.6 cm³/mol. The van der Waals surface area contributed by atoms with Crippen molar-refractivity contribution in [3.05, 3.63) is 35.4 Å². The third-order valence-corrected chi connectivity index (χ3v) is 3.49. The number of benzene rings is 1. The molecule has 0 radical (unpaired) electrons. The number of Topliss-reactive ketones (excluding diaryl/α,β-unsaturated/α-hetero) is 1. The smallest absolute Gasteiger partial charge is 0.305 e. The Morgan fingerprint density at radius 2 is 1.62 bits per heavy atom. The minimum atomic E-state index is -0.145. The van der Waals surface area contributed by atoms with E-state index >= 15 is 0 Å². The van der Waals surface area contributed by atoms with Crippen LogP contribution in [0.2, 0.25) is 0 Å². The Kier molecular flexibility index (Phi) is 7.73. The molecule has 0 spiro atoms. The number of hydrogen-bond acceptors (Lipinski definition) is 3. The molecule has 0 aliphatic rings. The molecule has 0 N–H and O–H groups in total. The van der Waals surface area contributed by atoms with Crippen LogP contribution in [-0.2, 0) is 9.53 Å². The van der Waals surface area contributed by atoms with Gasteiger partial charge >= 0.3 is 5.97 Å². The number of carbonyl (C=O) groups excluding carboxylic acids is 2. The maximum absolute atomic E-state index is 12.0. The summed E-state index contributed by atoms with van der Waals surface area (Å²) in [5, 5.41) is 0. The van der Waals surface area contributed by atoms with Gasteiger partial charge in [-0.15, -0.1) is 0 Å². The van der Waals surface area contributed by atoms with Gasteiger partial charge in [-0.25, -0.2) is 0 Å². The van der Waals surface area contributed by atoms with Crippen LogP contribution in [0.3, 0.4) is 0 Å². The zero-order chi connectivity index (χ0) is 15.7. The van der Waals surface area contributed by atoms with Crippen molar-refractivity contribution < 1.29 is 14.3 Å². The first-order chi connectivity index (χ1) is 10.0. The first-order valence-corrected chi connectivity index (χ1v) is 7.83. The minimum absolute atomic E-state index is 0.145. The van der Waals surface area contributed by atoms with E-state index in [0.29, 0.717) is 25.4 Å². The maximum Gasteiger partial charge on any atom is 0.305 e. The van der Waals surface area contributed by atoms with Crippen molar-refractivity contribution in [3.63, 3.8) is 0 Å². The van der Waals surface area contributed by atoms with Crippen LogP contribution < -0.4 is 0 Å². The first-order valence-electron chi connectivity index (χ1n) is 7.83. The second-order valence-corrected chi connectivity index (χ2v) is 5.57. The predicted octanol–water partition coefficient (Wildman–Crippen LogP) is 4.51. The van der Waals surface area contributed by atoms with E-state index in [1.54, 1.807) is 6.92 Å². The molecule has 0 aliphatic heterocycles. The van der Waals surface area contributed by atoms with Crippen LogP contribution in [0.25, 0.3) is 0 Å². The fourth-order valence-electron chi connectivity index (χ4n) is 2.16. The molecular weight excluding hydrogens is 264 g/mol. The number of unbranched alkanes of at least 4 members (excludes halogenated alkanes) is 2. The largest absolute Gasteiger partial charge is 0.466 e. The molecule has 0 fully saturated rings. The minimum Gasteiger partial charge on any atom is -0.466 e. The van der Waals surface area contributed by atoms with Gasteiger partial charge in [0.05, 0.1) is 6.61 Å². The summed E-state index contributed by atoms with van der Waals surface area (Å²) in [6.07, 6.45) is 3.49. The number of esters is 1. The molecule has 1 aromatic rings. The summed E-state index contributed by atoms with van der Waals surface area (Å²) < 4.78 is 4.86. The van der Waals surface area contributed by atoms with Crippen molar-refractivity contribution >= 4 is 11.8 Å². The summed E-state index contributed by atoms with van der Waals surface area (Å²) in [6, 6.07) is 7.88. The van der Waals surface area contributed by atoms with E-state index in [1.165, 1.54) is 5.56 Å². The SMILES string of the molecule is CCOC(=O)CCCCCC(=O)c1ccc(C(C)C)cc1. The summed E-state index contributed by atoms with van der Waals surface area (Å²) in [4.78, 5) is 23.2. The van der Waals surface area contributed by atoms with Crippen LogP contribution in [-0.4, -0.2) is 18.4 Å². The molecular formula is C18H26O3. The van der Waals surface area contributed by atoms with E-state index in [4.69, 9.17) is 4.74 Å². The zero-order valence-electron chi connectivity index (χ0n) is 13.4. The Labute approximate surface area is 127 Å². The van der Waals surface area contributed by atoms with Crippen LogP contribution in [0.4, 0.5) is 0 Å². The molecule has 1 aromatic carbocycles. The summed E-state index contributed by atoms with van der Waals surface area (Å²) in [5.74, 6) is 0.520. The van der Waals surface area contributed by atoms with Gasteiger partial charge in [-0.3, -0.25) is 9.59 Å². The van der Waals surface area contributed by atoms with Crippen LogP contribution in [0, 0.1) is 0 Å². The lowest BCUT2D eigenvalue weighted by atomic mass is 9.99. The quantitative estimate of drug-likeness (QED) is 0.382. The first kappa shape index (κ1) is 17.4. The molecule has 3 nitrogen and oxygen atoms in total. The van der Waals surface area contributed by atoms with Crippen LogP contribution in [0.1, 0.15) is 74.7 Å². The van der Waals surface area contributed by atoms with Crippen molar-refractivity contribution in [3.8, 4) is 0 Å². The van der Waals surface area contributed by atoms with Crippen molar-refractivity contribution in [2.75, 3.05) is 6.61 Å². The Balaban J connectivity index is 2.26. The number of hydrogen-bond donors (Lipinski definition) is 0. The molecule has 0 aromatic heterocycles. The van der Waals surface area contributed by atoms with Gasteiger partial charge in [0.2, 0.25) is 0 Å². The molecule has 116 valence electrons. The number of ketones is 1. The maximum atomic E-state index is 12.0. The molecule has 0 saturated heterocycles. The Morgan fingerprint density at radius 1 is 1.00 bits per heavy atom. The van der Waals surface area contributed by atoms with Crippen LogP contribution in [0.15, 0.2) is 24.3 Å². The highest BCUT2D eigenvalue weighted by molar-refractivity contribution is 5.96. The average molecular weight is 290 g/mol. The molecule has 0 atom stereocenters. The summed E-state index contributed by atoms with van der Waals surface area (Å²) in [7, 11) is 0. The standard InChI is InChI=1S/C18H26O3/c1-4-21-18(20)9-7-5-6-8-17(19)16-12-10-15(11-13-16)14(2)3/h10-14H,4-9H2,1-3H3. The molecule has 21 heavy (non-hydrogen) atoms. The summed E-state index contributed by atoms with van der Waals surface area (Å²) >= 11 is 0. The van der Waals surface area contributed by atoms with Crippen molar-refractivity contribution in [1.82, 2.24) is 0 Å². The van der Waals surface area contributed by atoms with Crippen molar-refractivity contribution in [1.29, 1.82) is 0 Å². The van der Waals surface area contributed by atoms with E-state index < -0.39 is 0 Å². The molecule has 0 amide bonds. The van der Waals surface area contributed by atoms with E-state index in [0.717, 1.165) is 24.8 Å². The second-order valence-electron chi connectivity index (χ2n) is 5.57. The normalized spacial score (nSPS) is 10.7. The molecule has 3 heteroatoms. The fraction of sp³-hybridized carbons (Fsp3) is 0.556. The van der Waals surface area contributed by atoms with Gasteiger partial charge in [-0.05, 0) is 31.2 Å². The van der Waals surface area contributed by atoms with Crippen LogP contribution in [0.5, 0.6) is 0 Å². The van der Waals surface area contributed by atoms with Gasteiger partial charge in [0, 0.05) is 18.4 Å². The van der Waals surface area contributed by atoms with Crippen molar-refractivity contribution in [2.24, 2.45) is 0 Å². The van der Waals surface area contributed by atoms with Gasteiger partial charge in [0.25, 0.3) is 0 Å². The van der Waals surface area contributed by atoms with E-state index in [2.05, 4.69) is 13.8 Å². The van der Waals surface area contributed by atoms with Gasteiger partial charge in [0.1, 0.15) is 0 Å². The molecule has 0 saturated carbocycles. The zero-order valence-corrected chi connectivity index (χ0v) is 13.4.